The fourth-order valence-electron chi connectivity index (χ4n) is 2.54. The molecular formula is C13H16N2O2. The zero-order valence-corrected chi connectivity index (χ0v) is 9.65. The standard InChI is InChI=1S/C13H16N2O2/c16-8-9-2-1-3-11-10(9)4-7-17-12(11)13-14-5-6-15-13/h1-3,12,16H,4-8H2,(H,14,15). The predicted octanol–water partition coefficient (Wildman–Crippen LogP) is 0.794. The summed E-state index contributed by atoms with van der Waals surface area (Å²) in [7, 11) is 0. The van der Waals surface area contributed by atoms with Gasteiger partial charge in [0.2, 0.25) is 0 Å². The van der Waals surface area contributed by atoms with E-state index in [2.05, 4.69) is 16.4 Å². The van der Waals surface area contributed by atoms with E-state index in [0.717, 1.165) is 36.5 Å². The van der Waals surface area contributed by atoms with E-state index in [1.807, 2.05) is 12.1 Å². The lowest BCUT2D eigenvalue weighted by Crippen LogP contribution is -2.31. The largest absolute Gasteiger partial charge is 0.392 e. The average molecular weight is 232 g/mol. The van der Waals surface area contributed by atoms with Gasteiger partial charge in [-0.05, 0) is 23.1 Å². The normalized spacial score (nSPS) is 22.9. The van der Waals surface area contributed by atoms with Gasteiger partial charge in [0.05, 0.1) is 19.8 Å². The molecule has 4 heteroatoms. The smallest absolute Gasteiger partial charge is 0.140 e. The van der Waals surface area contributed by atoms with Gasteiger partial charge in [0.15, 0.2) is 0 Å². The zero-order valence-electron chi connectivity index (χ0n) is 9.65. The van der Waals surface area contributed by atoms with Crippen LogP contribution in [0.3, 0.4) is 0 Å². The molecule has 1 aromatic rings. The topological polar surface area (TPSA) is 53.9 Å². The Balaban J connectivity index is 2.01. The molecule has 1 unspecified atom stereocenters. The van der Waals surface area contributed by atoms with E-state index in [4.69, 9.17) is 4.74 Å². The molecule has 0 bridgehead atoms. The third kappa shape index (κ3) is 1.83. The van der Waals surface area contributed by atoms with Gasteiger partial charge in [-0.15, -0.1) is 0 Å². The van der Waals surface area contributed by atoms with Gasteiger partial charge >= 0.3 is 0 Å². The van der Waals surface area contributed by atoms with Gasteiger partial charge in [-0.25, -0.2) is 0 Å². The van der Waals surface area contributed by atoms with Gasteiger partial charge in [-0.3, -0.25) is 4.99 Å². The molecule has 0 spiro atoms. The molecule has 17 heavy (non-hydrogen) atoms. The first kappa shape index (κ1) is 10.7. The van der Waals surface area contributed by atoms with Crippen molar-refractivity contribution in [2.75, 3.05) is 19.7 Å². The fraction of sp³-hybridized carbons (Fsp3) is 0.462. The maximum atomic E-state index is 9.36. The molecule has 1 atom stereocenters. The minimum Gasteiger partial charge on any atom is -0.392 e. The van der Waals surface area contributed by atoms with Crippen molar-refractivity contribution in [1.29, 1.82) is 0 Å². The van der Waals surface area contributed by atoms with Crippen LogP contribution in [0.25, 0.3) is 0 Å². The van der Waals surface area contributed by atoms with Crippen molar-refractivity contribution in [3.8, 4) is 0 Å². The molecule has 2 aliphatic heterocycles. The maximum Gasteiger partial charge on any atom is 0.140 e. The number of aliphatic hydroxyl groups is 1. The second-order valence-corrected chi connectivity index (χ2v) is 4.34. The lowest BCUT2D eigenvalue weighted by Gasteiger charge is -2.27. The van der Waals surface area contributed by atoms with Crippen molar-refractivity contribution >= 4 is 5.84 Å². The Labute approximate surface area is 100 Å². The van der Waals surface area contributed by atoms with Crippen molar-refractivity contribution in [2.45, 2.75) is 19.1 Å². The molecule has 4 nitrogen and oxygen atoms in total. The first-order chi connectivity index (χ1) is 8.40. The molecule has 0 saturated carbocycles. The number of nitrogens with zero attached hydrogens (tertiary/aromatic N) is 1. The van der Waals surface area contributed by atoms with E-state index < -0.39 is 0 Å². The Kier molecular flexibility index (Phi) is 2.82. The number of fused-ring (bicyclic) bond motifs is 1. The van der Waals surface area contributed by atoms with Crippen LogP contribution < -0.4 is 5.32 Å². The first-order valence-electron chi connectivity index (χ1n) is 6.01. The number of aliphatic imine (C=N–C) groups is 1. The van der Waals surface area contributed by atoms with Crippen LogP contribution in [-0.4, -0.2) is 30.6 Å². The van der Waals surface area contributed by atoms with Crippen LogP contribution >= 0.6 is 0 Å². The summed E-state index contributed by atoms with van der Waals surface area (Å²) < 4.78 is 5.81. The van der Waals surface area contributed by atoms with Crippen molar-refractivity contribution in [3.05, 3.63) is 34.9 Å². The minimum absolute atomic E-state index is 0.0762. The van der Waals surface area contributed by atoms with Crippen molar-refractivity contribution in [3.63, 3.8) is 0 Å². The highest BCUT2D eigenvalue weighted by molar-refractivity contribution is 5.89. The van der Waals surface area contributed by atoms with Crippen molar-refractivity contribution in [1.82, 2.24) is 5.32 Å². The monoisotopic (exact) mass is 232 g/mol. The van der Waals surface area contributed by atoms with Crippen LogP contribution in [0.15, 0.2) is 23.2 Å². The van der Waals surface area contributed by atoms with E-state index >= 15 is 0 Å². The SMILES string of the molecule is OCc1cccc2c1CCOC2C1=NCCN1. The average Bonchev–Trinajstić information content (AvgIpc) is 2.91. The Hall–Kier alpha value is -1.39. The van der Waals surface area contributed by atoms with Crippen LogP contribution in [0.5, 0.6) is 0 Å². The summed E-state index contributed by atoms with van der Waals surface area (Å²) in [6, 6.07) is 6.02. The minimum atomic E-state index is -0.0762. The second-order valence-electron chi connectivity index (χ2n) is 4.34. The van der Waals surface area contributed by atoms with Gasteiger partial charge < -0.3 is 15.2 Å². The van der Waals surface area contributed by atoms with Crippen LogP contribution in [0.4, 0.5) is 0 Å². The molecule has 2 N–H and O–H groups in total. The van der Waals surface area contributed by atoms with Gasteiger partial charge in [-0.2, -0.15) is 0 Å². The molecule has 0 aliphatic carbocycles. The van der Waals surface area contributed by atoms with E-state index in [1.54, 1.807) is 0 Å². The Morgan fingerprint density at radius 3 is 3.18 bits per heavy atom. The molecule has 0 radical (unpaired) electrons. The highest BCUT2D eigenvalue weighted by Gasteiger charge is 2.28. The lowest BCUT2D eigenvalue weighted by atomic mass is 9.92. The molecule has 90 valence electrons. The summed E-state index contributed by atoms with van der Waals surface area (Å²) >= 11 is 0. The van der Waals surface area contributed by atoms with Gasteiger partial charge in [0.25, 0.3) is 0 Å². The number of nitrogens with one attached hydrogen (secondary N) is 1. The van der Waals surface area contributed by atoms with Crippen LogP contribution in [0, 0.1) is 0 Å². The van der Waals surface area contributed by atoms with Crippen molar-refractivity contribution in [2.24, 2.45) is 4.99 Å². The lowest BCUT2D eigenvalue weighted by molar-refractivity contribution is 0.0852. The molecule has 0 saturated heterocycles. The fourth-order valence-corrected chi connectivity index (χ4v) is 2.54. The molecule has 2 aliphatic rings. The number of amidine groups is 1. The molecule has 0 fully saturated rings. The second kappa shape index (κ2) is 4.47. The van der Waals surface area contributed by atoms with Gasteiger partial charge in [0.1, 0.15) is 11.9 Å². The number of rotatable bonds is 2. The Bertz CT molecular complexity index is 457. The van der Waals surface area contributed by atoms with E-state index in [-0.39, 0.29) is 12.7 Å². The number of ether oxygens (including phenoxy) is 1. The summed E-state index contributed by atoms with van der Waals surface area (Å²) in [4.78, 5) is 4.43. The van der Waals surface area contributed by atoms with Crippen LogP contribution in [0.2, 0.25) is 0 Å². The summed E-state index contributed by atoms with van der Waals surface area (Å²) in [6.45, 7) is 2.50. The highest BCUT2D eigenvalue weighted by atomic mass is 16.5. The highest BCUT2D eigenvalue weighted by Crippen LogP contribution is 2.30. The number of hydrogen-bond acceptors (Lipinski definition) is 4. The quantitative estimate of drug-likeness (QED) is 0.793. The Morgan fingerprint density at radius 1 is 1.47 bits per heavy atom. The van der Waals surface area contributed by atoms with Crippen molar-refractivity contribution < 1.29 is 9.84 Å². The predicted molar refractivity (Wildman–Crippen MR) is 65.1 cm³/mol. The van der Waals surface area contributed by atoms with Gasteiger partial charge in [-0.1, -0.05) is 18.2 Å². The number of hydrogen-bond donors (Lipinski definition) is 2. The zero-order chi connectivity index (χ0) is 11.7. The van der Waals surface area contributed by atoms with Crippen LogP contribution in [-0.2, 0) is 17.8 Å². The third-order valence-corrected chi connectivity index (χ3v) is 3.35. The summed E-state index contributed by atoms with van der Waals surface area (Å²) in [5, 5.41) is 12.6. The molecule has 3 rings (SSSR count). The first-order valence-corrected chi connectivity index (χ1v) is 6.01. The molecule has 1 aromatic carbocycles. The van der Waals surface area contributed by atoms with Gasteiger partial charge in [0, 0.05) is 6.54 Å². The van der Waals surface area contributed by atoms with E-state index in [9.17, 15) is 5.11 Å². The molecular weight excluding hydrogens is 216 g/mol. The molecule has 0 aromatic heterocycles. The Morgan fingerprint density at radius 2 is 2.41 bits per heavy atom. The summed E-state index contributed by atoms with van der Waals surface area (Å²) in [5.74, 6) is 0.932. The number of benzene rings is 1. The molecule has 0 amide bonds. The van der Waals surface area contributed by atoms with E-state index in [1.165, 1.54) is 5.56 Å². The number of aliphatic hydroxyl groups excluding tert-OH is 1. The maximum absolute atomic E-state index is 9.36. The third-order valence-electron chi connectivity index (χ3n) is 3.35. The summed E-state index contributed by atoms with van der Waals surface area (Å²) in [5.41, 5.74) is 3.38. The summed E-state index contributed by atoms with van der Waals surface area (Å²) in [6.07, 6.45) is 0.795. The van der Waals surface area contributed by atoms with E-state index in [0.29, 0.717) is 6.61 Å². The van der Waals surface area contributed by atoms with Crippen LogP contribution in [0.1, 0.15) is 22.8 Å². The molecule has 2 heterocycles.